The van der Waals surface area contributed by atoms with Crippen molar-refractivity contribution in [2.45, 2.75) is 76.0 Å². The molecule has 1 aromatic carbocycles. The minimum absolute atomic E-state index is 0.00785. The molecule has 36 heavy (non-hydrogen) atoms. The lowest BCUT2D eigenvalue weighted by atomic mass is 9.98. The molecule has 9 nitrogen and oxygen atoms in total. The maximum absolute atomic E-state index is 13.6. The van der Waals surface area contributed by atoms with E-state index in [1.165, 1.54) is 12.8 Å². The van der Waals surface area contributed by atoms with Gasteiger partial charge in [-0.15, -0.1) is 10.2 Å². The number of amides is 1. The van der Waals surface area contributed by atoms with E-state index < -0.39 is 0 Å². The fraction of sp³-hybridized carbons (Fsp3) is 0.593. The van der Waals surface area contributed by atoms with Gasteiger partial charge in [0.15, 0.2) is 5.82 Å². The predicted molar refractivity (Wildman–Crippen MR) is 131 cm³/mol. The summed E-state index contributed by atoms with van der Waals surface area (Å²) in [6.45, 7) is 1.94. The number of aromatic nitrogens is 4. The molecule has 3 aromatic rings. The summed E-state index contributed by atoms with van der Waals surface area (Å²) < 4.78 is 16.8. The van der Waals surface area contributed by atoms with E-state index in [1.54, 1.807) is 0 Å². The summed E-state index contributed by atoms with van der Waals surface area (Å²) in [6, 6.07) is 7.92. The lowest BCUT2D eigenvalue weighted by Crippen LogP contribution is -2.39. The Morgan fingerprint density at radius 1 is 0.972 bits per heavy atom. The molecule has 0 atom stereocenters. The molecule has 1 saturated heterocycles. The molecule has 0 N–H and O–H groups in total. The van der Waals surface area contributed by atoms with Crippen LogP contribution >= 0.6 is 0 Å². The van der Waals surface area contributed by atoms with Gasteiger partial charge in [0.2, 0.25) is 23.6 Å². The monoisotopic (exact) mass is 491 g/mol. The number of benzene rings is 1. The van der Waals surface area contributed by atoms with Gasteiger partial charge in [-0.1, -0.05) is 17.6 Å². The summed E-state index contributed by atoms with van der Waals surface area (Å²) in [4.78, 5) is 20.1. The van der Waals surface area contributed by atoms with Crippen LogP contribution in [0, 0.1) is 5.92 Å². The lowest BCUT2D eigenvalue weighted by Gasteiger charge is -2.29. The molecule has 0 unspecified atom stereocenters. The number of nitrogens with zero attached hydrogens (tertiary/aromatic N) is 5. The minimum atomic E-state index is -0.00785. The van der Waals surface area contributed by atoms with Crippen LogP contribution in [-0.4, -0.2) is 46.0 Å². The van der Waals surface area contributed by atoms with Gasteiger partial charge >= 0.3 is 0 Å². The molecule has 9 heteroatoms. The molecule has 0 bridgehead atoms. The van der Waals surface area contributed by atoms with Crippen LogP contribution in [0.25, 0.3) is 11.5 Å². The van der Waals surface area contributed by atoms with Crippen LogP contribution in [0.15, 0.2) is 33.2 Å². The Hall–Kier alpha value is -3.07. The first-order valence-corrected chi connectivity index (χ1v) is 13.4. The van der Waals surface area contributed by atoms with E-state index in [9.17, 15) is 4.79 Å². The molecule has 2 aliphatic carbocycles. The number of ether oxygens (including phenoxy) is 1. The first-order chi connectivity index (χ1) is 17.7. The van der Waals surface area contributed by atoms with E-state index in [0.717, 1.165) is 80.2 Å². The van der Waals surface area contributed by atoms with Crippen molar-refractivity contribution in [2.75, 3.05) is 24.7 Å². The zero-order valence-corrected chi connectivity index (χ0v) is 20.6. The van der Waals surface area contributed by atoms with Gasteiger partial charge in [-0.2, -0.15) is 4.98 Å². The first-order valence-electron chi connectivity index (χ1n) is 13.4. The maximum Gasteiger partial charge on any atom is 0.247 e. The van der Waals surface area contributed by atoms with Crippen molar-refractivity contribution in [3.05, 3.63) is 41.9 Å². The number of hydrogen-bond acceptors (Lipinski definition) is 8. The number of anilines is 1. The van der Waals surface area contributed by atoms with E-state index in [-0.39, 0.29) is 11.8 Å². The number of unbranched alkanes of at least 4 members (excludes halogenated alkanes) is 2. The Bertz CT molecular complexity index is 1180. The van der Waals surface area contributed by atoms with Crippen LogP contribution < -0.4 is 4.90 Å². The Labute approximate surface area is 210 Å². The Morgan fingerprint density at radius 2 is 1.81 bits per heavy atom. The highest BCUT2D eigenvalue weighted by Crippen LogP contribution is 2.40. The van der Waals surface area contributed by atoms with Crippen molar-refractivity contribution in [2.24, 2.45) is 5.92 Å². The van der Waals surface area contributed by atoms with Gasteiger partial charge in [0.1, 0.15) is 0 Å². The van der Waals surface area contributed by atoms with E-state index >= 15 is 0 Å². The van der Waals surface area contributed by atoms with Crippen LogP contribution in [0.4, 0.5) is 5.69 Å². The molecule has 3 fully saturated rings. The molecule has 3 heterocycles. The largest absolute Gasteiger partial charge is 0.420 e. The van der Waals surface area contributed by atoms with Crippen LogP contribution in [-0.2, 0) is 16.0 Å². The summed E-state index contributed by atoms with van der Waals surface area (Å²) in [6.07, 6.45) is 9.72. The number of carbonyl (C=O) groups is 1. The number of rotatable bonds is 11. The van der Waals surface area contributed by atoms with Gasteiger partial charge in [0, 0.05) is 55.2 Å². The SMILES string of the molecule is O=C(C1CCOCC1)N(CCCCCc1nc(C2CC2)no1)c1cccc(-c2nnc(C3CC3)o2)c1. The highest BCUT2D eigenvalue weighted by atomic mass is 16.5. The lowest BCUT2D eigenvalue weighted by molar-refractivity contribution is -0.125. The molecule has 3 aliphatic rings. The summed E-state index contributed by atoms with van der Waals surface area (Å²) in [7, 11) is 0. The highest BCUT2D eigenvalue weighted by molar-refractivity contribution is 5.95. The number of carbonyl (C=O) groups excluding carboxylic acids is 1. The summed E-state index contributed by atoms with van der Waals surface area (Å²) in [5.74, 6) is 3.91. The van der Waals surface area contributed by atoms with Crippen molar-refractivity contribution < 1.29 is 18.5 Å². The fourth-order valence-electron chi connectivity index (χ4n) is 4.78. The molecule has 2 aromatic heterocycles. The molecular formula is C27H33N5O4. The molecule has 0 spiro atoms. The molecule has 1 amide bonds. The molecule has 0 radical (unpaired) electrons. The zero-order valence-electron chi connectivity index (χ0n) is 20.6. The third-order valence-corrected chi connectivity index (χ3v) is 7.31. The molecule has 6 rings (SSSR count). The van der Waals surface area contributed by atoms with Gasteiger partial charge in [-0.3, -0.25) is 4.79 Å². The first kappa shape index (κ1) is 23.3. The summed E-state index contributed by atoms with van der Waals surface area (Å²) in [5.41, 5.74) is 1.72. The molecular weight excluding hydrogens is 458 g/mol. The second-order valence-electron chi connectivity index (χ2n) is 10.3. The quantitative estimate of drug-likeness (QED) is 0.343. The predicted octanol–water partition coefficient (Wildman–Crippen LogP) is 5.05. The summed E-state index contributed by atoms with van der Waals surface area (Å²) >= 11 is 0. The van der Waals surface area contributed by atoms with Gasteiger partial charge in [0.25, 0.3) is 0 Å². The van der Waals surface area contributed by atoms with E-state index in [4.69, 9.17) is 13.7 Å². The Balaban J connectivity index is 1.11. The zero-order chi connectivity index (χ0) is 24.3. The van der Waals surface area contributed by atoms with Crippen molar-refractivity contribution in [3.63, 3.8) is 0 Å². The second-order valence-corrected chi connectivity index (χ2v) is 10.3. The topological polar surface area (TPSA) is 107 Å². The second kappa shape index (κ2) is 10.5. The average molecular weight is 492 g/mol. The Morgan fingerprint density at radius 3 is 2.61 bits per heavy atom. The van der Waals surface area contributed by atoms with E-state index in [0.29, 0.717) is 37.5 Å². The van der Waals surface area contributed by atoms with Crippen molar-refractivity contribution in [1.29, 1.82) is 0 Å². The third kappa shape index (κ3) is 5.51. The highest BCUT2D eigenvalue weighted by Gasteiger charge is 2.31. The van der Waals surface area contributed by atoms with Crippen molar-refractivity contribution in [1.82, 2.24) is 20.3 Å². The van der Waals surface area contributed by atoms with Crippen LogP contribution in [0.5, 0.6) is 0 Å². The van der Waals surface area contributed by atoms with E-state index in [2.05, 4.69) is 20.3 Å². The van der Waals surface area contributed by atoms with Gasteiger partial charge in [-0.25, -0.2) is 0 Å². The average Bonchev–Trinajstić information content (AvgIpc) is 3.86. The standard InChI is InChI=1S/C27H33N5O4/c33-27(20-12-15-34-16-13-20)32(14-3-1-2-7-23-28-24(31-36-23)18-8-9-18)22-6-4-5-21(17-22)26-30-29-25(35-26)19-10-11-19/h4-6,17-20H,1-3,7-16H2. The van der Waals surface area contributed by atoms with Crippen LogP contribution in [0.1, 0.15) is 87.2 Å². The number of aryl methyl sites for hydroxylation is 1. The van der Waals surface area contributed by atoms with Gasteiger partial charge in [-0.05, 0) is 69.6 Å². The summed E-state index contributed by atoms with van der Waals surface area (Å²) in [5, 5.41) is 12.6. The fourth-order valence-corrected chi connectivity index (χ4v) is 4.78. The van der Waals surface area contributed by atoms with Crippen molar-refractivity contribution in [3.8, 4) is 11.5 Å². The van der Waals surface area contributed by atoms with Gasteiger partial charge < -0.3 is 18.6 Å². The number of hydrogen-bond donors (Lipinski definition) is 0. The van der Waals surface area contributed by atoms with Gasteiger partial charge in [0.05, 0.1) is 0 Å². The molecule has 2 saturated carbocycles. The molecule has 1 aliphatic heterocycles. The van der Waals surface area contributed by atoms with Crippen LogP contribution in [0.3, 0.4) is 0 Å². The van der Waals surface area contributed by atoms with Crippen molar-refractivity contribution >= 4 is 11.6 Å². The normalized spacial score (nSPS) is 18.4. The maximum atomic E-state index is 13.6. The van der Waals surface area contributed by atoms with Crippen LogP contribution in [0.2, 0.25) is 0 Å². The third-order valence-electron chi connectivity index (χ3n) is 7.31. The Kier molecular flexibility index (Phi) is 6.81. The smallest absolute Gasteiger partial charge is 0.247 e. The van der Waals surface area contributed by atoms with E-state index in [1.807, 2.05) is 29.2 Å². The molecule has 190 valence electrons. The minimum Gasteiger partial charge on any atom is -0.420 e.